The van der Waals surface area contributed by atoms with Gasteiger partial charge in [-0.05, 0) is 48.1 Å². The van der Waals surface area contributed by atoms with E-state index in [0.29, 0.717) is 11.8 Å². The number of carbonyl (C=O) groups is 1. The first-order valence-electron chi connectivity index (χ1n) is 9.63. The van der Waals surface area contributed by atoms with Gasteiger partial charge in [0, 0.05) is 6.04 Å². The molecule has 0 aromatic heterocycles. The maximum absolute atomic E-state index is 12.4. The van der Waals surface area contributed by atoms with E-state index in [1.165, 1.54) is 11.1 Å². The van der Waals surface area contributed by atoms with E-state index in [0.717, 1.165) is 12.8 Å². The van der Waals surface area contributed by atoms with Crippen molar-refractivity contribution in [2.24, 2.45) is 11.8 Å². The molecule has 1 aliphatic carbocycles. The van der Waals surface area contributed by atoms with Crippen LogP contribution in [0.1, 0.15) is 71.6 Å². The van der Waals surface area contributed by atoms with Gasteiger partial charge in [-0.1, -0.05) is 58.9 Å². The Morgan fingerprint density at radius 2 is 1.77 bits per heavy atom. The van der Waals surface area contributed by atoms with Gasteiger partial charge in [0.25, 0.3) is 0 Å². The van der Waals surface area contributed by atoms with Crippen LogP contribution >= 0.6 is 0 Å². The topological polar surface area (TPSA) is 64.9 Å². The molecule has 0 bridgehead atoms. The van der Waals surface area contributed by atoms with Crippen molar-refractivity contribution in [2.45, 2.75) is 71.4 Å². The standard InChI is InChI=1S/C22H33N3O/c1-15(2)20(16-7-9-17(10-8-16)21(3,4)5)24-13-19(26)25-22(6,14-23)18-11-12-18/h7-10,15,18,20,24H,11-13H2,1-6H3,(H,25,26). The summed E-state index contributed by atoms with van der Waals surface area (Å²) in [5.41, 5.74) is 1.88. The molecule has 0 radical (unpaired) electrons. The summed E-state index contributed by atoms with van der Waals surface area (Å²) in [5, 5.41) is 15.7. The summed E-state index contributed by atoms with van der Waals surface area (Å²) in [6, 6.07) is 11.0. The zero-order valence-corrected chi connectivity index (χ0v) is 17.0. The number of rotatable bonds is 7. The molecule has 2 unspecified atom stereocenters. The van der Waals surface area contributed by atoms with Crippen molar-refractivity contribution in [3.8, 4) is 6.07 Å². The summed E-state index contributed by atoms with van der Waals surface area (Å²) >= 11 is 0. The van der Waals surface area contributed by atoms with Crippen LogP contribution in [0.2, 0.25) is 0 Å². The molecule has 2 rings (SSSR count). The molecule has 0 spiro atoms. The van der Waals surface area contributed by atoms with Crippen LogP contribution < -0.4 is 10.6 Å². The highest BCUT2D eigenvalue weighted by Crippen LogP contribution is 2.39. The fourth-order valence-corrected chi connectivity index (χ4v) is 3.35. The lowest BCUT2D eigenvalue weighted by Crippen LogP contribution is -2.50. The zero-order valence-electron chi connectivity index (χ0n) is 17.0. The molecule has 1 aliphatic rings. The first kappa shape index (κ1) is 20.5. The number of hydrogen-bond donors (Lipinski definition) is 2. The number of nitrogens with zero attached hydrogens (tertiary/aromatic N) is 1. The summed E-state index contributed by atoms with van der Waals surface area (Å²) in [4.78, 5) is 12.4. The fourth-order valence-electron chi connectivity index (χ4n) is 3.35. The van der Waals surface area contributed by atoms with E-state index in [9.17, 15) is 10.1 Å². The Kier molecular flexibility index (Phi) is 6.13. The van der Waals surface area contributed by atoms with Crippen molar-refractivity contribution in [1.82, 2.24) is 10.6 Å². The van der Waals surface area contributed by atoms with Crippen molar-refractivity contribution >= 4 is 5.91 Å². The monoisotopic (exact) mass is 355 g/mol. The second-order valence-electron chi connectivity index (χ2n) is 9.11. The predicted molar refractivity (Wildman–Crippen MR) is 106 cm³/mol. The molecule has 0 saturated heterocycles. The molecule has 2 atom stereocenters. The van der Waals surface area contributed by atoms with Crippen molar-refractivity contribution < 1.29 is 4.79 Å². The van der Waals surface area contributed by atoms with Crippen LogP contribution in [0.4, 0.5) is 0 Å². The molecule has 1 aromatic rings. The van der Waals surface area contributed by atoms with E-state index in [-0.39, 0.29) is 23.9 Å². The molecule has 142 valence electrons. The lowest BCUT2D eigenvalue weighted by atomic mass is 9.85. The summed E-state index contributed by atoms with van der Waals surface area (Å²) in [6.07, 6.45) is 2.04. The summed E-state index contributed by atoms with van der Waals surface area (Å²) in [7, 11) is 0. The second kappa shape index (κ2) is 7.80. The van der Waals surface area contributed by atoms with Crippen molar-refractivity contribution in [1.29, 1.82) is 5.26 Å². The van der Waals surface area contributed by atoms with E-state index in [2.05, 4.69) is 75.6 Å². The third-order valence-electron chi connectivity index (χ3n) is 5.31. The highest BCUT2D eigenvalue weighted by atomic mass is 16.2. The van der Waals surface area contributed by atoms with E-state index in [4.69, 9.17) is 0 Å². The van der Waals surface area contributed by atoms with E-state index in [1.807, 2.05) is 6.92 Å². The Morgan fingerprint density at radius 1 is 1.19 bits per heavy atom. The lowest BCUT2D eigenvalue weighted by Gasteiger charge is -2.26. The van der Waals surface area contributed by atoms with Crippen LogP contribution in [0.5, 0.6) is 0 Å². The van der Waals surface area contributed by atoms with Gasteiger partial charge in [0.05, 0.1) is 12.6 Å². The summed E-state index contributed by atoms with van der Waals surface area (Å²) < 4.78 is 0. The summed E-state index contributed by atoms with van der Waals surface area (Å²) in [5.74, 6) is 0.536. The van der Waals surface area contributed by atoms with E-state index >= 15 is 0 Å². The number of amides is 1. The van der Waals surface area contributed by atoms with E-state index < -0.39 is 5.54 Å². The van der Waals surface area contributed by atoms with Crippen molar-refractivity contribution in [3.63, 3.8) is 0 Å². The third-order valence-corrected chi connectivity index (χ3v) is 5.31. The zero-order chi connectivity index (χ0) is 19.5. The van der Waals surface area contributed by atoms with Crippen LogP contribution in [0.3, 0.4) is 0 Å². The molecule has 26 heavy (non-hydrogen) atoms. The fraction of sp³-hybridized carbons (Fsp3) is 0.636. The predicted octanol–water partition coefficient (Wildman–Crippen LogP) is 4.08. The minimum absolute atomic E-state index is 0.101. The smallest absolute Gasteiger partial charge is 0.235 e. The maximum Gasteiger partial charge on any atom is 0.235 e. The van der Waals surface area contributed by atoms with Gasteiger partial charge < -0.3 is 10.6 Å². The number of nitriles is 1. The Balaban J connectivity index is 2.00. The maximum atomic E-state index is 12.4. The van der Waals surface area contributed by atoms with Gasteiger partial charge in [0.2, 0.25) is 5.91 Å². The first-order valence-corrected chi connectivity index (χ1v) is 9.63. The van der Waals surface area contributed by atoms with Gasteiger partial charge in [-0.3, -0.25) is 4.79 Å². The molecular formula is C22H33N3O. The Labute approximate surface area is 158 Å². The van der Waals surface area contributed by atoms with Gasteiger partial charge in [0.1, 0.15) is 5.54 Å². The van der Waals surface area contributed by atoms with Gasteiger partial charge in [-0.15, -0.1) is 0 Å². The van der Waals surface area contributed by atoms with Crippen LogP contribution in [-0.4, -0.2) is 18.0 Å². The van der Waals surface area contributed by atoms with Crippen LogP contribution in [0.25, 0.3) is 0 Å². The minimum Gasteiger partial charge on any atom is -0.337 e. The minimum atomic E-state index is -0.736. The average Bonchev–Trinajstić information content (AvgIpc) is 3.39. The molecule has 2 N–H and O–H groups in total. The average molecular weight is 356 g/mol. The third kappa shape index (κ3) is 5.08. The Morgan fingerprint density at radius 3 is 2.19 bits per heavy atom. The highest BCUT2D eigenvalue weighted by molar-refractivity contribution is 5.79. The normalized spacial score (nSPS) is 18.1. The van der Waals surface area contributed by atoms with Gasteiger partial charge in [-0.25, -0.2) is 0 Å². The molecule has 4 nitrogen and oxygen atoms in total. The van der Waals surface area contributed by atoms with Gasteiger partial charge in [0.15, 0.2) is 0 Å². The van der Waals surface area contributed by atoms with Gasteiger partial charge >= 0.3 is 0 Å². The second-order valence-corrected chi connectivity index (χ2v) is 9.11. The van der Waals surface area contributed by atoms with Crippen LogP contribution in [0.15, 0.2) is 24.3 Å². The van der Waals surface area contributed by atoms with Gasteiger partial charge in [-0.2, -0.15) is 5.26 Å². The van der Waals surface area contributed by atoms with Crippen molar-refractivity contribution in [3.05, 3.63) is 35.4 Å². The van der Waals surface area contributed by atoms with Crippen molar-refractivity contribution in [2.75, 3.05) is 6.54 Å². The molecule has 1 saturated carbocycles. The summed E-state index contributed by atoms with van der Waals surface area (Å²) in [6.45, 7) is 13.0. The van der Waals surface area contributed by atoms with Crippen LogP contribution in [-0.2, 0) is 10.2 Å². The highest BCUT2D eigenvalue weighted by Gasteiger charge is 2.42. The molecule has 0 aliphatic heterocycles. The number of nitrogens with one attached hydrogen (secondary N) is 2. The first-order chi connectivity index (χ1) is 12.1. The molecule has 1 amide bonds. The molecule has 0 heterocycles. The largest absolute Gasteiger partial charge is 0.337 e. The molecular weight excluding hydrogens is 322 g/mol. The SMILES string of the molecule is CC(C)C(NCC(=O)NC(C)(C#N)C1CC1)c1ccc(C(C)(C)C)cc1. The van der Waals surface area contributed by atoms with Crippen LogP contribution in [0, 0.1) is 23.2 Å². The Bertz CT molecular complexity index is 662. The quantitative estimate of drug-likeness (QED) is 0.774. The van der Waals surface area contributed by atoms with E-state index in [1.54, 1.807) is 0 Å². The number of carbonyl (C=O) groups excluding carboxylic acids is 1. The molecule has 1 fully saturated rings. The number of hydrogen-bond acceptors (Lipinski definition) is 3. The lowest BCUT2D eigenvalue weighted by molar-refractivity contribution is -0.121. The number of benzene rings is 1. The Hall–Kier alpha value is -1.86. The molecule has 1 aromatic carbocycles. The molecule has 4 heteroatoms.